The summed E-state index contributed by atoms with van der Waals surface area (Å²) in [7, 11) is 1.41. The minimum absolute atomic E-state index is 0.0599. The molecule has 1 amide bonds. The molecule has 34 heavy (non-hydrogen) atoms. The second-order valence-electron chi connectivity index (χ2n) is 7.46. The fraction of sp³-hybridized carbons (Fsp3) is 0.125. The zero-order chi connectivity index (χ0) is 24.0. The van der Waals surface area contributed by atoms with E-state index in [4.69, 9.17) is 37.4 Å². The smallest absolute Gasteiger partial charge is 0.300 e. The van der Waals surface area contributed by atoms with E-state index in [2.05, 4.69) is 4.98 Å². The predicted octanol–water partition coefficient (Wildman–Crippen LogP) is 4.75. The number of fused-ring (bicyclic) bond motifs is 1. The topological polar surface area (TPSA) is 98.2 Å². The van der Waals surface area contributed by atoms with Gasteiger partial charge in [0.15, 0.2) is 17.2 Å². The van der Waals surface area contributed by atoms with Crippen molar-refractivity contribution < 1.29 is 28.9 Å². The van der Waals surface area contributed by atoms with Gasteiger partial charge in [0, 0.05) is 29.7 Å². The average Bonchev–Trinajstić information content (AvgIpc) is 3.41. The van der Waals surface area contributed by atoms with Crippen LogP contribution in [-0.2, 0) is 9.59 Å². The van der Waals surface area contributed by atoms with Crippen molar-refractivity contribution in [2.24, 2.45) is 0 Å². The number of aliphatic hydroxyl groups excluding tert-OH is 1. The third-order valence-corrected chi connectivity index (χ3v) is 6.14. The van der Waals surface area contributed by atoms with Gasteiger partial charge in [0.25, 0.3) is 11.7 Å². The number of rotatable bonds is 4. The van der Waals surface area contributed by atoms with Crippen LogP contribution < -0.4 is 19.1 Å². The first-order chi connectivity index (χ1) is 16.4. The van der Waals surface area contributed by atoms with Gasteiger partial charge < -0.3 is 19.3 Å². The van der Waals surface area contributed by atoms with Gasteiger partial charge in [-0.25, -0.2) is 0 Å². The Hall–Kier alpha value is -3.75. The van der Waals surface area contributed by atoms with Gasteiger partial charge >= 0.3 is 0 Å². The number of ether oxygens (including phenoxy) is 3. The fourth-order valence-corrected chi connectivity index (χ4v) is 4.68. The van der Waals surface area contributed by atoms with E-state index < -0.39 is 23.5 Å². The molecule has 3 aromatic rings. The largest absolute Gasteiger partial charge is 0.507 e. The summed E-state index contributed by atoms with van der Waals surface area (Å²) in [6.45, 7) is 0.0599. The highest BCUT2D eigenvalue weighted by Crippen LogP contribution is 2.45. The molecule has 0 aliphatic carbocycles. The number of amides is 1. The van der Waals surface area contributed by atoms with Crippen LogP contribution in [0.25, 0.3) is 5.76 Å². The van der Waals surface area contributed by atoms with Gasteiger partial charge in [0.05, 0.1) is 28.8 Å². The Morgan fingerprint density at radius 1 is 1.06 bits per heavy atom. The fourth-order valence-electron chi connectivity index (χ4n) is 4.04. The average molecular weight is 499 g/mol. The molecule has 1 saturated heterocycles. The van der Waals surface area contributed by atoms with Crippen LogP contribution in [0.3, 0.4) is 0 Å². The van der Waals surface area contributed by atoms with Gasteiger partial charge in [0.1, 0.15) is 5.76 Å². The highest BCUT2D eigenvalue weighted by molar-refractivity contribution is 6.51. The summed E-state index contributed by atoms with van der Waals surface area (Å²) in [5, 5.41) is 11.5. The van der Waals surface area contributed by atoms with Crippen LogP contribution in [0.4, 0.5) is 5.69 Å². The van der Waals surface area contributed by atoms with E-state index in [0.717, 1.165) is 0 Å². The molecule has 2 aromatic carbocycles. The van der Waals surface area contributed by atoms with E-state index in [1.54, 1.807) is 30.3 Å². The Morgan fingerprint density at radius 3 is 2.41 bits per heavy atom. The number of hydrogen-bond acceptors (Lipinski definition) is 7. The zero-order valence-electron chi connectivity index (χ0n) is 17.6. The van der Waals surface area contributed by atoms with E-state index in [1.807, 2.05) is 0 Å². The quantitative estimate of drug-likeness (QED) is 0.314. The maximum atomic E-state index is 13.2. The molecule has 0 radical (unpaired) electrons. The van der Waals surface area contributed by atoms with E-state index in [-0.39, 0.29) is 33.7 Å². The van der Waals surface area contributed by atoms with Gasteiger partial charge in [-0.15, -0.1) is 0 Å². The van der Waals surface area contributed by atoms with Gasteiger partial charge in [-0.3, -0.25) is 19.5 Å². The van der Waals surface area contributed by atoms with Crippen LogP contribution >= 0.6 is 23.2 Å². The molecule has 172 valence electrons. The van der Waals surface area contributed by atoms with Crippen molar-refractivity contribution in [2.75, 3.05) is 18.8 Å². The minimum atomic E-state index is -0.942. The maximum absolute atomic E-state index is 13.2. The van der Waals surface area contributed by atoms with Crippen LogP contribution in [-0.4, -0.2) is 35.7 Å². The van der Waals surface area contributed by atoms with E-state index >= 15 is 0 Å². The molecular formula is C24H16Cl2N2O6. The van der Waals surface area contributed by atoms with Gasteiger partial charge in [-0.2, -0.15) is 0 Å². The van der Waals surface area contributed by atoms with Crippen LogP contribution in [0, 0.1) is 0 Å². The monoisotopic (exact) mass is 498 g/mol. The Morgan fingerprint density at radius 2 is 1.74 bits per heavy atom. The number of hydrogen-bond donors (Lipinski definition) is 1. The van der Waals surface area contributed by atoms with Crippen molar-refractivity contribution in [3.63, 3.8) is 0 Å². The van der Waals surface area contributed by atoms with Crippen LogP contribution in [0.2, 0.25) is 10.0 Å². The molecule has 1 N–H and O–H groups in total. The number of Topliss-reactive ketones (excluding diaryl/α,β-unsaturated/α-hetero) is 1. The molecule has 3 heterocycles. The number of anilines is 1. The van der Waals surface area contributed by atoms with Crippen molar-refractivity contribution in [3.05, 3.63) is 81.6 Å². The Balaban J connectivity index is 1.70. The Bertz CT molecular complexity index is 1340. The van der Waals surface area contributed by atoms with Crippen molar-refractivity contribution >= 4 is 46.3 Å². The maximum Gasteiger partial charge on any atom is 0.300 e. The van der Waals surface area contributed by atoms with Gasteiger partial charge in [-0.1, -0.05) is 23.2 Å². The summed E-state index contributed by atoms with van der Waals surface area (Å²) in [4.78, 5) is 31.8. The number of aliphatic hydroxyl groups is 1. The molecule has 1 aromatic heterocycles. The zero-order valence-corrected chi connectivity index (χ0v) is 19.1. The summed E-state index contributed by atoms with van der Waals surface area (Å²) in [6.07, 6.45) is 3.08. The number of nitrogens with zero attached hydrogens (tertiary/aromatic N) is 2. The molecule has 2 aliphatic heterocycles. The number of aromatic nitrogens is 1. The molecule has 0 saturated carbocycles. The number of carbonyl (C=O) groups is 2. The second-order valence-corrected chi connectivity index (χ2v) is 8.27. The standard InChI is InChI=1S/C24H16Cl2N2O6/c1-32-23-15(25)8-13(9-16(23)26)21(29)19-20(12-4-6-27-7-5-12)28(24(31)22(19)30)14-2-3-17-18(10-14)34-11-33-17/h2-10,20,29H,11H2,1H3/b21-19+. The molecule has 0 bridgehead atoms. The lowest BCUT2D eigenvalue weighted by atomic mass is 9.95. The summed E-state index contributed by atoms with van der Waals surface area (Å²) in [5.74, 6) is -0.890. The van der Waals surface area contributed by atoms with Crippen molar-refractivity contribution in [1.29, 1.82) is 0 Å². The normalized spacial score (nSPS) is 18.4. The second kappa shape index (κ2) is 8.55. The number of ketones is 1. The summed E-state index contributed by atoms with van der Waals surface area (Å²) < 4.78 is 15.9. The number of pyridine rings is 1. The lowest BCUT2D eigenvalue weighted by molar-refractivity contribution is -0.132. The first-order valence-corrected chi connectivity index (χ1v) is 10.8. The first kappa shape index (κ1) is 22.1. The van der Waals surface area contributed by atoms with Crippen LogP contribution in [0.1, 0.15) is 17.2 Å². The number of carbonyl (C=O) groups excluding carboxylic acids is 2. The predicted molar refractivity (Wildman–Crippen MR) is 125 cm³/mol. The highest BCUT2D eigenvalue weighted by atomic mass is 35.5. The molecular weight excluding hydrogens is 483 g/mol. The lowest BCUT2D eigenvalue weighted by Gasteiger charge is -2.25. The molecule has 5 rings (SSSR count). The SMILES string of the molecule is COc1c(Cl)cc(/C(O)=C2\C(=O)C(=O)N(c3ccc4c(c3)OCO4)C2c2ccncc2)cc1Cl. The van der Waals surface area contributed by atoms with Crippen molar-refractivity contribution in [3.8, 4) is 17.2 Å². The first-order valence-electron chi connectivity index (χ1n) is 10.0. The van der Waals surface area contributed by atoms with E-state index in [0.29, 0.717) is 22.7 Å². The van der Waals surface area contributed by atoms with Gasteiger partial charge in [0.2, 0.25) is 6.79 Å². The molecule has 10 heteroatoms. The van der Waals surface area contributed by atoms with Crippen molar-refractivity contribution in [2.45, 2.75) is 6.04 Å². The molecule has 2 aliphatic rings. The Kier molecular flexibility index (Phi) is 5.55. The molecule has 1 atom stereocenters. The van der Waals surface area contributed by atoms with Gasteiger partial charge in [-0.05, 0) is 42.0 Å². The highest BCUT2D eigenvalue weighted by Gasteiger charge is 2.47. The van der Waals surface area contributed by atoms with E-state index in [9.17, 15) is 14.7 Å². The minimum Gasteiger partial charge on any atom is -0.507 e. The molecule has 0 spiro atoms. The number of methoxy groups -OCH3 is 1. The third-order valence-electron chi connectivity index (χ3n) is 5.58. The molecule has 1 unspecified atom stereocenters. The summed E-state index contributed by atoms with van der Waals surface area (Å²) in [6, 6.07) is 10.1. The summed E-state index contributed by atoms with van der Waals surface area (Å²) in [5.41, 5.74) is 1.02. The third kappa shape index (κ3) is 3.52. The van der Waals surface area contributed by atoms with Crippen LogP contribution in [0.15, 0.2) is 60.4 Å². The Labute approximate surface area is 203 Å². The summed E-state index contributed by atoms with van der Waals surface area (Å²) >= 11 is 12.5. The molecule has 1 fully saturated rings. The van der Waals surface area contributed by atoms with Crippen molar-refractivity contribution in [1.82, 2.24) is 4.98 Å². The van der Waals surface area contributed by atoms with E-state index in [1.165, 1.54) is 36.5 Å². The lowest BCUT2D eigenvalue weighted by Crippen LogP contribution is -2.29. The molecule has 8 nitrogen and oxygen atoms in total. The van der Waals surface area contributed by atoms with Crippen LogP contribution in [0.5, 0.6) is 17.2 Å². The number of halogens is 2. The number of benzene rings is 2.